The van der Waals surface area contributed by atoms with Crippen molar-refractivity contribution in [3.8, 4) is 0 Å². The molecule has 0 saturated heterocycles. The van der Waals surface area contributed by atoms with Crippen LogP contribution >= 0.6 is 0 Å². The van der Waals surface area contributed by atoms with Crippen molar-refractivity contribution in [2.75, 3.05) is 0 Å². The molecule has 1 N–H and O–H groups in total. The van der Waals surface area contributed by atoms with Crippen molar-refractivity contribution in [2.24, 2.45) is 40.9 Å². The average Bonchev–Trinajstić information content (AvgIpc) is 2.83. The van der Waals surface area contributed by atoms with E-state index < -0.39 is 0 Å². The molecule has 2 bridgehead atoms. The van der Waals surface area contributed by atoms with Crippen LogP contribution in [-0.4, -0.2) is 11.2 Å². The van der Waals surface area contributed by atoms with Gasteiger partial charge in [-0.1, -0.05) is 34.1 Å². The molecule has 0 aliphatic heterocycles. The predicted molar refractivity (Wildman–Crippen MR) is 75.2 cm³/mol. The van der Waals surface area contributed by atoms with Gasteiger partial charge in [-0.15, -0.1) is 0 Å². The van der Waals surface area contributed by atoms with E-state index in [1.54, 1.807) is 0 Å². The topological polar surface area (TPSA) is 20.2 Å². The largest absolute Gasteiger partial charge is 0.393 e. The molecule has 0 heterocycles. The fourth-order valence-corrected chi connectivity index (χ4v) is 5.61. The number of rotatable bonds is 1. The first kappa shape index (κ1) is 13.0. The standard InChI is InChI=1S/C17H30O/c1-10-6-5-7-13(16(10)18)15-9-12-8-14(15)11(2)17(12,3)4/h10-16,18H,5-9H2,1-4H3/t10-,11-,12+,13-,14-,15-,16+/m0/s1. The minimum absolute atomic E-state index is 0.0154. The van der Waals surface area contributed by atoms with Crippen LogP contribution in [0.15, 0.2) is 0 Å². The second-order valence-corrected chi connectivity index (χ2v) is 8.17. The Labute approximate surface area is 112 Å². The summed E-state index contributed by atoms with van der Waals surface area (Å²) in [5, 5.41) is 10.5. The molecule has 0 aromatic carbocycles. The van der Waals surface area contributed by atoms with Crippen molar-refractivity contribution in [3.05, 3.63) is 0 Å². The van der Waals surface area contributed by atoms with Crippen molar-refractivity contribution >= 4 is 0 Å². The summed E-state index contributed by atoms with van der Waals surface area (Å²) in [5.41, 5.74) is 0.548. The van der Waals surface area contributed by atoms with Gasteiger partial charge in [-0.2, -0.15) is 0 Å². The fourth-order valence-electron chi connectivity index (χ4n) is 5.61. The minimum atomic E-state index is -0.0154. The van der Waals surface area contributed by atoms with E-state index in [-0.39, 0.29) is 6.10 Å². The molecule has 3 rings (SSSR count). The molecule has 3 fully saturated rings. The molecule has 0 radical (unpaired) electrons. The van der Waals surface area contributed by atoms with Crippen LogP contribution < -0.4 is 0 Å². The summed E-state index contributed by atoms with van der Waals surface area (Å²) in [6, 6.07) is 0. The number of fused-ring (bicyclic) bond motifs is 2. The monoisotopic (exact) mass is 250 g/mol. The highest BCUT2D eigenvalue weighted by Gasteiger charge is 2.57. The highest BCUT2D eigenvalue weighted by Crippen LogP contribution is 2.64. The molecule has 1 heteroatoms. The molecule has 3 aliphatic carbocycles. The van der Waals surface area contributed by atoms with E-state index in [0.29, 0.717) is 17.3 Å². The van der Waals surface area contributed by atoms with E-state index in [1.165, 1.54) is 32.1 Å². The zero-order valence-corrected chi connectivity index (χ0v) is 12.5. The van der Waals surface area contributed by atoms with Gasteiger partial charge in [0.1, 0.15) is 0 Å². The summed E-state index contributed by atoms with van der Waals surface area (Å²) < 4.78 is 0. The Morgan fingerprint density at radius 3 is 2.22 bits per heavy atom. The molecular weight excluding hydrogens is 220 g/mol. The lowest BCUT2D eigenvalue weighted by Crippen LogP contribution is -2.42. The minimum Gasteiger partial charge on any atom is -0.393 e. The second kappa shape index (κ2) is 4.23. The third-order valence-electron chi connectivity index (χ3n) is 7.30. The summed E-state index contributed by atoms with van der Waals surface area (Å²) in [6.45, 7) is 9.66. The van der Waals surface area contributed by atoms with E-state index in [1.807, 2.05) is 0 Å². The van der Waals surface area contributed by atoms with Crippen molar-refractivity contribution in [1.82, 2.24) is 0 Å². The third-order valence-corrected chi connectivity index (χ3v) is 7.30. The number of hydrogen-bond donors (Lipinski definition) is 1. The van der Waals surface area contributed by atoms with Crippen molar-refractivity contribution in [2.45, 2.75) is 65.9 Å². The van der Waals surface area contributed by atoms with Crippen LogP contribution in [0.4, 0.5) is 0 Å². The first-order chi connectivity index (χ1) is 8.43. The lowest BCUT2D eigenvalue weighted by molar-refractivity contribution is -0.0365. The van der Waals surface area contributed by atoms with Crippen LogP contribution in [0.25, 0.3) is 0 Å². The maximum atomic E-state index is 10.5. The Kier molecular flexibility index (Phi) is 3.05. The smallest absolute Gasteiger partial charge is 0.0596 e. The van der Waals surface area contributed by atoms with Gasteiger partial charge in [0.15, 0.2) is 0 Å². The zero-order valence-electron chi connectivity index (χ0n) is 12.5. The molecule has 0 aromatic rings. The van der Waals surface area contributed by atoms with Gasteiger partial charge >= 0.3 is 0 Å². The second-order valence-electron chi connectivity index (χ2n) is 8.17. The Morgan fingerprint density at radius 1 is 0.944 bits per heavy atom. The Bertz CT molecular complexity index is 318. The number of hydrogen-bond acceptors (Lipinski definition) is 1. The zero-order chi connectivity index (χ0) is 13.1. The summed E-state index contributed by atoms with van der Waals surface area (Å²) >= 11 is 0. The summed E-state index contributed by atoms with van der Waals surface area (Å²) in [6.07, 6.45) is 6.69. The highest BCUT2D eigenvalue weighted by molar-refractivity contribution is 5.06. The number of aliphatic hydroxyl groups is 1. The molecule has 7 atom stereocenters. The van der Waals surface area contributed by atoms with Crippen LogP contribution in [0.1, 0.15) is 59.8 Å². The lowest BCUT2D eigenvalue weighted by atomic mass is 9.60. The molecule has 0 unspecified atom stereocenters. The molecule has 3 aliphatic rings. The lowest BCUT2D eigenvalue weighted by Gasteiger charge is -2.46. The van der Waals surface area contributed by atoms with E-state index >= 15 is 0 Å². The highest BCUT2D eigenvalue weighted by atomic mass is 16.3. The van der Waals surface area contributed by atoms with Crippen LogP contribution in [0.5, 0.6) is 0 Å². The van der Waals surface area contributed by atoms with Crippen LogP contribution in [0.3, 0.4) is 0 Å². The van der Waals surface area contributed by atoms with Gasteiger partial charge < -0.3 is 5.11 Å². The van der Waals surface area contributed by atoms with E-state index in [0.717, 1.165) is 23.7 Å². The third kappa shape index (κ3) is 1.69. The van der Waals surface area contributed by atoms with Gasteiger partial charge in [-0.3, -0.25) is 0 Å². The van der Waals surface area contributed by atoms with E-state index in [9.17, 15) is 5.11 Å². The van der Waals surface area contributed by atoms with Gasteiger partial charge in [-0.05, 0) is 66.6 Å². The normalized spacial score (nSPS) is 54.8. The van der Waals surface area contributed by atoms with Crippen molar-refractivity contribution < 1.29 is 5.11 Å². The Balaban J connectivity index is 1.76. The summed E-state index contributed by atoms with van der Waals surface area (Å²) in [4.78, 5) is 0. The van der Waals surface area contributed by atoms with Gasteiger partial charge in [0.05, 0.1) is 6.10 Å². The van der Waals surface area contributed by atoms with Crippen LogP contribution in [-0.2, 0) is 0 Å². The molecule has 3 saturated carbocycles. The predicted octanol–water partition coefficient (Wildman–Crippen LogP) is 4.10. The molecule has 0 aromatic heterocycles. The van der Waals surface area contributed by atoms with Crippen molar-refractivity contribution in [3.63, 3.8) is 0 Å². The first-order valence-electron chi connectivity index (χ1n) is 8.11. The average molecular weight is 250 g/mol. The van der Waals surface area contributed by atoms with E-state index in [2.05, 4.69) is 27.7 Å². The van der Waals surface area contributed by atoms with Crippen molar-refractivity contribution in [1.29, 1.82) is 0 Å². The summed E-state index contributed by atoms with van der Waals surface area (Å²) in [5.74, 6) is 4.65. The van der Waals surface area contributed by atoms with Gasteiger partial charge in [0.25, 0.3) is 0 Å². The van der Waals surface area contributed by atoms with Crippen LogP contribution in [0, 0.1) is 40.9 Å². The first-order valence-corrected chi connectivity index (χ1v) is 8.11. The quantitative estimate of drug-likeness (QED) is 0.743. The van der Waals surface area contributed by atoms with Crippen LogP contribution in [0.2, 0.25) is 0 Å². The molecular formula is C17H30O. The van der Waals surface area contributed by atoms with Gasteiger partial charge in [0.2, 0.25) is 0 Å². The maximum Gasteiger partial charge on any atom is 0.0596 e. The Morgan fingerprint density at radius 2 is 1.61 bits per heavy atom. The molecule has 104 valence electrons. The number of aliphatic hydroxyl groups excluding tert-OH is 1. The molecule has 0 amide bonds. The summed E-state index contributed by atoms with van der Waals surface area (Å²) in [7, 11) is 0. The fraction of sp³-hybridized carbons (Fsp3) is 1.00. The SMILES string of the molecule is C[C@H]1CCC[C@@H]([C@@H]2C[C@H]3C[C@H]2[C@H](C)C3(C)C)[C@@H]1O. The molecule has 0 spiro atoms. The molecule has 1 nitrogen and oxygen atoms in total. The van der Waals surface area contributed by atoms with Gasteiger partial charge in [-0.25, -0.2) is 0 Å². The Hall–Kier alpha value is -0.0400. The van der Waals surface area contributed by atoms with Gasteiger partial charge in [0, 0.05) is 0 Å². The maximum absolute atomic E-state index is 10.5. The molecule has 18 heavy (non-hydrogen) atoms. The van der Waals surface area contributed by atoms with E-state index in [4.69, 9.17) is 0 Å².